The molecule has 0 atom stereocenters. The summed E-state index contributed by atoms with van der Waals surface area (Å²) in [4.78, 5) is 24.7. The van der Waals surface area contributed by atoms with Crippen LogP contribution in [0.1, 0.15) is 42.2 Å². The quantitative estimate of drug-likeness (QED) is 0.433. The number of nitrogens with zero attached hydrogens (tertiary/aromatic N) is 4. The van der Waals surface area contributed by atoms with Gasteiger partial charge in [0.15, 0.2) is 0 Å². The van der Waals surface area contributed by atoms with Crippen molar-refractivity contribution >= 4 is 5.91 Å². The van der Waals surface area contributed by atoms with Crippen LogP contribution in [0.5, 0.6) is 0 Å². The number of aromatic nitrogens is 4. The molecule has 0 unspecified atom stereocenters. The summed E-state index contributed by atoms with van der Waals surface area (Å²) in [6.45, 7) is 3.96. The molecule has 11 heteroatoms. The van der Waals surface area contributed by atoms with E-state index in [9.17, 15) is 18.0 Å². The highest BCUT2D eigenvalue weighted by molar-refractivity contribution is 5.94. The van der Waals surface area contributed by atoms with Crippen molar-refractivity contribution in [2.45, 2.75) is 25.7 Å². The average Bonchev–Trinajstić information content (AvgIpc) is 3.49. The van der Waals surface area contributed by atoms with Gasteiger partial charge in [0, 0.05) is 35.5 Å². The molecule has 3 heterocycles. The summed E-state index contributed by atoms with van der Waals surface area (Å²) in [6, 6.07) is 7.19. The highest BCUT2D eigenvalue weighted by Gasteiger charge is 2.26. The van der Waals surface area contributed by atoms with Crippen LogP contribution in [-0.4, -0.2) is 32.6 Å². The average molecular weight is 457 g/mol. The first kappa shape index (κ1) is 22.2. The monoisotopic (exact) mass is 457 g/mol. The standard InChI is InChI=1S/C22H18F3N5O3/c1-22(2,16-10-32-20(28-16)12-3-5-15(23)6-4-12)11-27-19(31)14-7-13(8-26-9-14)18-29-21(17(24)25)33-30-18/h3-10,17H,11H2,1-2H3,(H,27,31). The van der Waals surface area contributed by atoms with Crippen molar-refractivity contribution < 1.29 is 26.9 Å². The molecule has 0 spiro atoms. The minimum atomic E-state index is -2.90. The van der Waals surface area contributed by atoms with Gasteiger partial charge in [0.2, 0.25) is 11.7 Å². The summed E-state index contributed by atoms with van der Waals surface area (Å²) in [7, 11) is 0. The van der Waals surface area contributed by atoms with Crippen LogP contribution < -0.4 is 5.32 Å². The van der Waals surface area contributed by atoms with Gasteiger partial charge in [-0.05, 0) is 30.3 Å². The van der Waals surface area contributed by atoms with Crippen molar-refractivity contribution in [3.8, 4) is 22.8 Å². The van der Waals surface area contributed by atoms with Crippen LogP contribution in [0.4, 0.5) is 13.2 Å². The third kappa shape index (κ3) is 4.92. The molecule has 0 aliphatic heterocycles. The molecule has 170 valence electrons. The molecule has 4 rings (SSSR count). The number of carbonyl (C=O) groups excluding carboxylic acids is 1. The number of nitrogens with one attached hydrogen (secondary N) is 1. The highest BCUT2D eigenvalue weighted by Crippen LogP contribution is 2.27. The second-order valence-corrected chi connectivity index (χ2v) is 7.83. The molecule has 3 aromatic heterocycles. The number of hydrogen-bond donors (Lipinski definition) is 1. The van der Waals surface area contributed by atoms with Gasteiger partial charge in [-0.15, -0.1) is 0 Å². The van der Waals surface area contributed by atoms with Gasteiger partial charge in [0.1, 0.15) is 12.1 Å². The van der Waals surface area contributed by atoms with Crippen molar-refractivity contribution in [3.05, 3.63) is 72.0 Å². The van der Waals surface area contributed by atoms with E-state index >= 15 is 0 Å². The van der Waals surface area contributed by atoms with Crippen LogP contribution in [-0.2, 0) is 5.41 Å². The SMILES string of the molecule is CC(C)(CNC(=O)c1cncc(-c2noc(C(F)F)n2)c1)c1coc(-c2ccc(F)cc2)n1. The molecule has 0 saturated carbocycles. The van der Waals surface area contributed by atoms with Crippen LogP contribution in [0, 0.1) is 5.82 Å². The molecule has 1 aromatic carbocycles. The van der Waals surface area contributed by atoms with Gasteiger partial charge >= 0.3 is 6.43 Å². The Kier molecular flexibility index (Phi) is 5.95. The zero-order chi connectivity index (χ0) is 23.6. The first-order chi connectivity index (χ1) is 15.7. The third-order valence-electron chi connectivity index (χ3n) is 4.87. The van der Waals surface area contributed by atoms with Crippen molar-refractivity contribution in [3.63, 3.8) is 0 Å². The number of halogens is 3. The van der Waals surface area contributed by atoms with Crippen molar-refractivity contribution in [1.82, 2.24) is 25.4 Å². The fourth-order valence-electron chi connectivity index (χ4n) is 2.93. The Balaban J connectivity index is 1.44. The second kappa shape index (κ2) is 8.85. The Hall–Kier alpha value is -4.02. The molecule has 0 fully saturated rings. The number of oxazole rings is 1. The topological polar surface area (TPSA) is 107 Å². The van der Waals surface area contributed by atoms with Crippen molar-refractivity contribution in [2.75, 3.05) is 6.54 Å². The number of rotatable bonds is 7. The molecule has 0 radical (unpaired) electrons. The van der Waals surface area contributed by atoms with Gasteiger partial charge in [-0.3, -0.25) is 9.78 Å². The Labute approximate surface area is 185 Å². The molecule has 4 aromatic rings. The number of hydrogen-bond acceptors (Lipinski definition) is 7. The minimum absolute atomic E-state index is 0.0938. The molecule has 0 aliphatic carbocycles. The molecule has 0 bridgehead atoms. The number of pyridine rings is 1. The maximum atomic E-state index is 13.1. The van der Waals surface area contributed by atoms with Gasteiger partial charge in [0.05, 0.1) is 11.3 Å². The van der Waals surface area contributed by atoms with Crippen molar-refractivity contribution in [1.29, 1.82) is 0 Å². The van der Waals surface area contributed by atoms with Gasteiger partial charge < -0.3 is 14.3 Å². The largest absolute Gasteiger partial charge is 0.444 e. The zero-order valence-corrected chi connectivity index (χ0v) is 17.6. The molecular weight excluding hydrogens is 439 g/mol. The molecule has 8 nitrogen and oxygen atoms in total. The maximum absolute atomic E-state index is 13.1. The van der Waals surface area contributed by atoms with E-state index in [0.717, 1.165) is 0 Å². The van der Waals surface area contributed by atoms with Gasteiger partial charge in [-0.2, -0.15) is 13.8 Å². The van der Waals surface area contributed by atoms with E-state index in [2.05, 4.69) is 29.9 Å². The first-order valence-corrected chi connectivity index (χ1v) is 9.80. The molecule has 0 aliphatic rings. The Morgan fingerprint density at radius 2 is 1.88 bits per heavy atom. The van der Waals surface area contributed by atoms with Gasteiger partial charge in [-0.1, -0.05) is 19.0 Å². The first-order valence-electron chi connectivity index (χ1n) is 9.80. The maximum Gasteiger partial charge on any atom is 0.315 e. The van der Waals surface area contributed by atoms with E-state index in [1.165, 1.54) is 36.9 Å². The molecule has 0 saturated heterocycles. The van der Waals surface area contributed by atoms with Crippen LogP contribution in [0.3, 0.4) is 0 Å². The number of benzene rings is 1. The fourth-order valence-corrected chi connectivity index (χ4v) is 2.93. The summed E-state index contributed by atoms with van der Waals surface area (Å²) in [5.41, 5.74) is 1.08. The Bertz CT molecular complexity index is 1270. The highest BCUT2D eigenvalue weighted by atomic mass is 19.3. The second-order valence-electron chi connectivity index (χ2n) is 7.83. The van der Waals surface area contributed by atoms with Gasteiger partial charge in [0.25, 0.3) is 11.8 Å². The number of carbonyl (C=O) groups is 1. The zero-order valence-electron chi connectivity index (χ0n) is 17.6. The third-order valence-corrected chi connectivity index (χ3v) is 4.87. The lowest BCUT2D eigenvalue weighted by molar-refractivity contribution is 0.0945. The molecule has 1 amide bonds. The Morgan fingerprint density at radius 3 is 2.58 bits per heavy atom. The van der Waals surface area contributed by atoms with Gasteiger partial charge in [-0.25, -0.2) is 9.37 Å². The predicted octanol–water partition coefficient (Wildman–Crippen LogP) is 4.57. The lowest BCUT2D eigenvalue weighted by Gasteiger charge is -2.22. The van der Waals surface area contributed by atoms with Crippen LogP contribution in [0.25, 0.3) is 22.8 Å². The summed E-state index contributed by atoms with van der Waals surface area (Å²) < 4.78 is 48.5. The Morgan fingerprint density at radius 1 is 1.12 bits per heavy atom. The van der Waals surface area contributed by atoms with Crippen LogP contribution in [0.15, 0.2) is 57.9 Å². The normalized spacial score (nSPS) is 11.7. The molecule has 1 N–H and O–H groups in total. The van der Waals surface area contributed by atoms with E-state index < -0.39 is 23.6 Å². The number of alkyl halides is 2. The fraction of sp³-hybridized carbons (Fsp3) is 0.227. The predicted molar refractivity (Wildman–Crippen MR) is 110 cm³/mol. The lowest BCUT2D eigenvalue weighted by atomic mass is 9.90. The number of amides is 1. The van der Waals surface area contributed by atoms with Crippen molar-refractivity contribution in [2.24, 2.45) is 0 Å². The molecular formula is C22H18F3N5O3. The van der Waals surface area contributed by atoms with Crippen LogP contribution in [0.2, 0.25) is 0 Å². The lowest BCUT2D eigenvalue weighted by Crippen LogP contribution is -2.37. The molecule has 33 heavy (non-hydrogen) atoms. The van der Waals surface area contributed by atoms with Crippen LogP contribution >= 0.6 is 0 Å². The van der Waals surface area contributed by atoms with E-state index in [-0.39, 0.29) is 29.3 Å². The summed E-state index contributed by atoms with van der Waals surface area (Å²) >= 11 is 0. The minimum Gasteiger partial charge on any atom is -0.444 e. The van der Waals surface area contributed by atoms with E-state index in [1.807, 2.05) is 13.8 Å². The van der Waals surface area contributed by atoms with E-state index in [0.29, 0.717) is 17.1 Å². The summed E-state index contributed by atoms with van der Waals surface area (Å²) in [6.07, 6.45) is 1.27. The summed E-state index contributed by atoms with van der Waals surface area (Å²) in [5, 5.41) is 6.29. The van der Waals surface area contributed by atoms with E-state index in [4.69, 9.17) is 4.42 Å². The van der Waals surface area contributed by atoms with E-state index in [1.54, 1.807) is 12.1 Å². The smallest absolute Gasteiger partial charge is 0.315 e. The summed E-state index contributed by atoms with van der Waals surface area (Å²) in [5.74, 6) is -1.36.